The third-order valence-electron chi connectivity index (χ3n) is 3.35. The number of carbonyl (C=O) groups is 2. The molecule has 2 rings (SSSR count). The molecule has 7 heteroatoms. The first-order chi connectivity index (χ1) is 9.37. The third kappa shape index (κ3) is 3.55. The Bertz CT molecular complexity index is 513. The summed E-state index contributed by atoms with van der Waals surface area (Å²) < 4.78 is 31.5. The minimum atomic E-state index is -2.76. The van der Waals surface area contributed by atoms with Crippen LogP contribution in [0.1, 0.15) is 42.0 Å². The van der Waals surface area contributed by atoms with Gasteiger partial charge in [-0.3, -0.25) is 9.59 Å². The standard InChI is InChI=1S/C13H16F2N2O3/c14-13(15)5-1-2-8(6-13)12(19)17-7-9-3-4-10(20-9)11(16)18/h3-4,8H,1-2,5-7H2,(H2,16,18)(H,17,19). The number of furan rings is 1. The number of carbonyl (C=O) groups excluding carboxylic acids is 2. The van der Waals surface area contributed by atoms with Gasteiger partial charge in [0.05, 0.1) is 6.54 Å². The molecule has 110 valence electrons. The van der Waals surface area contributed by atoms with E-state index in [0.717, 1.165) is 0 Å². The number of halogens is 2. The van der Waals surface area contributed by atoms with Crippen LogP contribution in [0.3, 0.4) is 0 Å². The van der Waals surface area contributed by atoms with E-state index in [0.29, 0.717) is 18.6 Å². The van der Waals surface area contributed by atoms with Crippen LogP contribution in [0.25, 0.3) is 0 Å². The lowest BCUT2D eigenvalue weighted by Crippen LogP contribution is -2.37. The summed E-state index contributed by atoms with van der Waals surface area (Å²) in [5.74, 6) is -4.20. The van der Waals surface area contributed by atoms with Crippen molar-refractivity contribution in [2.75, 3.05) is 0 Å². The number of rotatable bonds is 4. The summed E-state index contributed by atoms with van der Waals surface area (Å²) in [6.45, 7) is 0.0498. The second kappa shape index (κ2) is 5.60. The van der Waals surface area contributed by atoms with E-state index in [1.54, 1.807) is 0 Å². The van der Waals surface area contributed by atoms with Crippen molar-refractivity contribution in [2.45, 2.75) is 38.2 Å². The molecule has 0 aromatic carbocycles. The number of alkyl halides is 2. The monoisotopic (exact) mass is 286 g/mol. The lowest BCUT2D eigenvalue weighted by Gasteiger charge is -2.27. The minimum Gasteiger partial charge on any atom is -0.454 e. The number of amides is 2. The molecule has 0 spiro atoms. The van der Waals surface area contributed by atoms with E-state index < -0.39 is 30.1 Å². The van der Waals surface area contributed by atoms with Gasteiger partial charge in [0.1, 0.15) is 5.76 Å². The molecule has 3 N–H and O–H groups in total. The van der Waals surface area contributed by atoms with Crippen LogP contribution < -0.4 is 11.1 Å². The first-order valence-corrected chi connectivity index (χ1v) is 6.41. The van der Waals surface area contributed by atoms with Gasteiger partial charge >= 0.3 is 0 Å². The van der Waals surface area contributed by atoms with E-state index in [1.807, 2.05) is 0 Å². The topological polar surface area (TPSA) is 85.3 Å². The first-order valence-electron chi connectivity index (χ1n) is 6.41. The van der Waals surface area contributed by atoms with Crippen molar-refractivity contribution in [1.82, 2.24) is 5.32 Å². The number of hydrogen-bond acceptors (Lipinski definition) is 3. The highest BCUT2D eigenvalue weighted by molar-refractivity contribution is 5.89. The van der Waals surface area contributed by atoms with Crippen LogP contribution in [0.4, 0.5) is 8.78 Å². The SMILES string of the molecule is NC(=O)c1ccc(CNC(=O)C2CCCC(F)(F)C2)o1. The Balaban J connectivity index is 1.86. The van der Waals surface area contributed by atoms with Crippen molar-refractivity contribution in [2.24, 2.45) is 11.7 Å². The molecule has 2 amide bonds. The third-order valence-corrected chi connectivity index (χ3v) is 3.35. The molecule has 1 saturated carbocycles. The Kier molecular flexibility index (Phi) is 4.06. The second-order valence-corrected chi connectivity index (χ2v) is 5.00. The number of hydrogen-bond donors (Lipinski definition) is 2. The fraction of sp³-hybridized carbons (Fsp3) is 0.538. The molecule has 0 aliphatic heterocycles. The summed E-state index contributed by atoms with van der Waals surface area (Å²) in [5.41, 5.74) is 5.03. The van der Waals surface area contributed by atoms with Gasteiger partial charge in [0, 0.05) is 18.8 Å². The second-order valence-electron chi connectivity index (χ2n) is 5.00. The van der Waals surface area contributed by atoms with Gasteiger partial charge in [-0.25, -0.2) is 8.78 Å². The van der Waals surface area contributed by atoms with Crippen LogP contribution in [0.15, 0.2) is 16.5 Å². The lowest BCUT2D eigenvalue weighted by molar-refractivity contribution is -0.132. The molecule has 1 unspecified atom stereocenters. The zero-order valence-electron chi connectivity index (χ0n) is 10.8. The summed E-state index contributed by atoms with van der Waals surface area (Å²) in [6, 6.07) is 2.91. The van der Waals surface area contributed by atoms with E-state index in [2.05, 4.69) is 5.32 Å². The molecule has 1 aliphatic carbocycles. The van der Waals surface area contributed by atoms with Gasteiger partial charge in [0.25, 0.3) is 5.91 Å². The normalized spacial score (nSPS) is 21.4. The highest BCUT2D eigenvalue weighted by atomic mass is 19.3. The summed E-state index contributed by atoms with van der Waals surface area (Å²) >= 11 is 0. The van der Waals surface area contributed by atoms with Crippen LogP contribution >= 0.6 is 0 Å². The van der Waals surface area contributed by atoms with E-state index in [4.69, 9.17) is 10.2 Å². The van der Waals surface area contributed by atoms with Crippen LogP contribution in [0, 0.1) is 5.92 Å². The Morgan fingerprint density at radius 3 is 2.80 bits per heavy atom. The minimum absolute atomic E-state index is 0.00144. The molecule has 0 bridgehead atoms. The first kappa shape index (κ1) is 14.5. The maximum Gasteiger partial charge on any atom is 0.284 e. The predicted octanol–water partition coefficient (Wildman–Crippen LogP) is 1.82. The largest absolute Gasteiger partial charge is 0.454 e. The molecular weight excluding hydrogens is 270 g/mol. The molecule has 1 aromatic rings. The summed E-state index contributed by atoms with van der Waals surface area (Å²) in [4.78, 5) is 22.7. The molecule has 1 aromatic heterocycles. The number of nitrogens with one attached hydrogen (secondary N) is 1. The van der Waals surface area contributed by atoms with E-state index >= 15 is 0 Å². The van der Waals surface area contributed by atoms with Crippen LogP contribution in [-0.4, -0.2) is 17.7 Å². The maximum absolute atomic E-state index is 13.2. The Hall–Kier alpha value is -1.92. The highest BCUT2D eigenvalue weighted by Gasteiger charge is 2.39. The Morgan fingerprint density at radius 2 is 2.20 bits per heavy atom. The van der Waals surface area contributed by atoms with Crippen LogP contribution in [-0.2, 0) is 11.3 Å². The molecule has 1 fully saturated rings. The Morgan fingerprint density at radius 1 is 1.45 bits per heavy atom. The van der Waals surface area contributed by atoms with Gasteiger partial charge in [0.15, 0.2) is 5.76 Å². The summed E-state index contributed by atoms with van der Waals surface area (Å²) in [6.07, 6.45) is 0.240. The van der Waals surface area contributed by atoms with Gasteiger partial charge in [-0.2, -0.15) is 0 Å². The van der Waals surface area contributed by atoms with Gasteiger partial charge in [-0.15, -0.1) is 0 Å². The molecule has 20 heavy (non-hydrogen) atoms. The van der Waals surface area contributed by atoms with E-state index in [1.165, 1.54) is 12.1 Å². The van der Waals surface area contributed by atoms with Crippen LogP contribution in [0.2, 0.25) is 0 Å². The van der Waals surface area contributed by atoms with Crippen molar-refractivity contribution < 1.29 is 22.8 Å². The van der Waals surface area contributed by atoms with Gasteiger partial charge in [-0.1, -0.05) is 0 Å². The maximum atomic E-state index is 13.2. The van der Waals surface area contributed by atoms with Crippen molar-refractivity contribution in [1.29, 1.82) is 0 Å². The molecule has 5 nitrogen and oxygen atoms in total. The number of primary amides is 1. The van der Waals surface area contributed by atoms with Crippen molar-refractivity contribution in [3.05, 3.63) is 23.7 Å². The van der Waals surface area contributed by atoms with Crippen LogP contribution in [0.5, 0.6) is 0 Å². The smallest absolute Gasteiger partial charge is 0.284 e. The van der Waals surface area contributed by atoms with Gasteiger partial charge < -0.3 is 15.5 Å². The molecule has 1 atom stereocenters. The lowest BCUT2D eigenvalue weighted by atomic mass is 9.86. The van der Waals surface area contributed by atoms with Gasteiger partial charge in [-0.05, 0) is 25.0 Å². The fourth-order valence-corrected chi connectivity index (χ4v) is 2.32. The zero-order valence-corrected chi connectivity index (χ0v) is 10.8. The number of nitrogens with two attached hydrogens (primary N) is 1. The fourth-order valence-electron chi connectivity index (χ4n) is 2.32. The molecule has 0 saturated heterocycles. The van der Waals surface area contributed by atoms with Crippen molar-refractivity contribution in [3.8, 4) is 0 Å². The summed E-state index contributed by atoms with van der Waals surface area (Å²) in [7, 11) is 0. The average Bonchev–Trinajstić information content (AvgIpc) is 2.83. The van der Waals surface area contributed by atoms with E-state index in [9.17, 15) is 18.4 Å². The molecule has 0 radical (unpaired) electrons. The van der Waals surface area contributed by atoms with Crippen molar-refractivity contribution in [3.63, 3.8) is 0 Å². The average molecular weight is 286 g/mol. The molecule has 1 heterocycles. The zero-order chi connectivity index (χ0) is 14.8. The molecular formula is C13H16F2N2O3. The quantitative estimate of drug-likeness (QED) is 0.885. The van der Waals surface area contributed by atoms with E-state index in [-0.39, 0.29) is 18.7 Å². The Labute approximate surface area is 114 Å². The van der Waals surface area contributed by atoms with Crippen molar-refractivity contribution >= 4 is 11.8 Å². The summed E-state index contributed by atoms with van der Waals surface area (Å²) in [5, 5.41) is 2.54. The highest BCUT2D eigenvalue weighted by Crippen LogP contribution is 2.36. The van der Waals surface area contributed by atoms with Gasteiger partial charge in [0.2, 0.25) is 11.8 Å². The molecule has 1 aliphatic rings. The predicted molar refractivity (Wildman–Crippen MR) is 66.0 cm³/mol.